The number of aromatic nitrogens is 2. The number of esters is 1. The Morgan fingerprint density at radius 2 is 1.94 bits per heavy atom. The molecule has 0 unspecified atom stereocenters. The number of hydrogen-bond donors (Lipinski definition) is 1. The van der Waals surface area contributed by atoms with Crippen molar-refractivity contribution in [2.24, 2.45) is 0 Å². The van der Waals surface area contributed by atoms with E-state index in [1.807, 2.05) is 0 Å². The van der Waals surface area contributed by atoms with Crippen molar-refractivity contribution in [3.63, 3.8) is 0 Å². The van der Waals surface area contributed by atoms with Gasteiger partial charge in [0.15, 0.2) is 0 Å². The van der Waals surface area contributed by atoms with Gasteiger partial charge in [0.1, 0.15) is 16.9 Å². The molecule has 2 amide bonds. The Balaban J connectivity index is 1.86. The van der Waals surface area contributed by atoms with E-state index in [1.165, 1.54) is 15.9 Å². The second kappa shape index (κ2) is 10.0. The van der Waals surface area contributed by atoms with Crippen LogP contribution in [0.2, 0.25) is 10.3 Å². The third-order valence-corrected chi connectivity index (χ3v) is 5.01. The van der Waals surface area contributed by atoms with Crippen LogP contribution in [0.5, 0.6) is 0 Å². The third kappa shape index (κ3) is 5.30. The van der Waals surface area contributed by atoms with Crippen molar-refractivity contribution < 1.29 is 24.2 Å². The van der Waals surface area contributed by atoms with Crippen LogP contribution in [-0.2, 0) is 16.0 Å². The van der Waals surface area contributed by atoms with Gasteiger partial charge in [0, 0.05) is 30.4 Å². The number of anilines is 1. The van der Waals surface area contributed by atoms with Crippen LogP contribution in [0.15, 0.2) is 24.3 Å². The lowest BCUT2D eigenvalue weighted by molar-refractivity contribution is -0.143. The van der Waals surface area contributed by atoms with Gasteiger partial charge in [-0.2, -0.15) is 0 Å². The molecule has 9 nitrogen and oxygen atoms in total. The van der Waals surface area contributed by atoms with Gasteiger partial charge in [0.25, 0.3) is 11.8 Å². The minimum atomic E-state index is -0.593. The quantitative estimate of drug-likeness (QED) is 0.490. The smallest absolute Gasteiger partial charge is 0.325 e. The van der Waals surface area contributed by atoms with Crippen LogP contribution in [0.1, 0.15) is 33.5 Å². The van der Waals surface area contributed by atoms with Crippen molar-refractivity contribution in [2.75, 3.05) is 37.7 Å². The molecule has 1 aliphatic heterocycles. The second-order valence-corrected chi connectivity index (χ2v) is 7.42. The number of amides is 2. The molecule has 0 atom stereocenters. The van der Waals surface area contributed by atoms with Crippen molar-refractivity contribution >= 4 is 46.7 Å². The summed E-state index contributed by atoms with van der Waals surface area (Å²) in [5.41, 5.74) is 1.63. The molecule has 0 radical (unpaired) electrons. The molecular formula is C20H20Cl2N4O5. The zero-order chi connectivity index (χ0) is 22.5. The molecule has 2 aromatic rings. The SMILES string of the molecule is CCOC(=O)CN1CCc2cc(N(CCO)C(=O)c3nc(Cl)cc(Cl)n3)ccc2C1=O. The number of aliphatic hydroxyl groups excluding tert-OH is 1. The molecule has 3 rings (SSSR count). The number of carbonyl (C=O) groups is 3. The first kappa shape index (κ1) is 22.9. The summed E-state index contributed by atoms with van der Waals surface area (Å²) in [5.74, 6) is -1.55. The van der Waals surface area contributed by atoms with Gasteiger partial charge in [-0.3, -0.25) is 14.4 Å². The molecule has 0 aliphatic carbocycles. The highest BCUT2D eigenvalue weighted by Gasteiger charge is 2.28. The zero-order valence-electron chi connectivity index (χ0n) is 16.7. The minimum Gasteiger partial charge on any atom is -0.465 e. The summed E-state index contributed by atoms with van der Waals surface area (Å²) in [5, 5.41) is 9.49. The highest BCUT2D eigenvalue weighted by Crippen LogP contribution is 2.26. The van der Waals surface area contributed by atoms with Crippen LogP contribution >= 0.6 is 23.2 Å². The van der Waals surface area contributed by atoms with E-state index < -0.39 is 11.9 Å². The summed E-state index contributed by atoms with van der Waals surface area (Å²) >= 11 is 11.7. The normalized spacial score (nSPS) is 13.0. The lowest BCUT2D eigenvalue weighted by Crippen LogP contribution is -2.41. The summed E-state index contributed by atoms with van der Waals surface area (Å²) in [6, 6.07) is 6.19. The lowest BCUT2D eigenvalue weighted by Gasteiger charge is -2.29. The first-order valence-corrected chi connectivity index (χ1v) is 10.3. The summed E-state index contributed by atoms with van der Waals surface area (Å²) < 4.78 is 4.91. The fourth-order valence-electron chi connectivity index (χ4n) is 3.26. The molecule has 1 aliphatic rings. The molecule has 0 saturated heterocycles. The Bertz CT molecular complexity index is 997. The molecule has 0 saturated carbocycles. The van der Waals surface area contributed by atoms with E-state index in [1.54, 1.807) is 25.1 Å². The highest BCUT2D eigenvalue weighted by atomic mass is 35.5. The molecule has 1 aromatic carbocycles. The number of nitrogens with zero attached hydrogens (tertiary/aromatic N) is 4. The van der Waals surface area contributed by atoms with E-state index >= 15 is 0 Å². The maximum atomic E-state index is 13.0. The van der Waals surface area contributed by atoms with E-state index in [0.717, 1.165) is 5.56 Å². The van der Waals surface area contributed by atoms with E-state index in [0.29, 0.717) is 24.2 Å². The Hall–Kier alpha value is -2.75. The summed E-state index contributed by atoms with van der Waals surface area (Å²) in [7, 11) is 0. The predicted octanol–water partition coefficient (Wildman–Crippen LogP) is 1.98. The largest absolute Gasteiger partial charge is 0.465 e. The maximum Gasteiger partial charge on any atom is 0.325 e. The van der Waals surface area contributed by atoms with Crippen LogP contribution in [0.4, 0.5) is 5.69 Å². The van der Waals surface area contributed by atoms with Crippen LogP contribution in [0, 0.1) is 0 Å². The summed E-state index contributed by atoms with van der Waals surface area (Å²) in [4.78, 5) is 48.0. The first-order valence-electron chi connectivity index (χ1n) is 9.54. The monoisotopic (exact) mass is 466 g/mol. The minimum absolute atomic E-state index is 0.0185. The van der Waals surface area contributed by atoms with E-state index in [9.17, 15) is 19.5 Å². The lowest BCUT2D eigenvalue weighted by atomic mass is 9.98. The van der Waals surface area contributed by atoms with Crippen LogP contribution < -0.4 is 4.90 Å². The number of fused-ring (bicyclic) bond motifs is 1. The fraction of sp³-hybridized carbons (Fsp3) is 0.350. The van der Waals surface area contributed by atoms with Gasteiger partial charge in [-0.15, -0.1) is 0 Å². The topological polar surface area (TPSA) is 113 Å². The molecule has 0 spiro atoms. The van der Waals surface area contributed by atoms with Gasteiger partial charge >= 0.3 is 5.97 Å². The zero-order valence-corrected chi connectivity index (χ0v) is 18.2. The second-order valence-electron chi connectivity index (χ2n) is 6.64. The molecule has 1 aromatic heterocycles. The molecule has 164 valence electrons. The maximum absolute atomic E-state index is 13.0. The van der Waals surface area contributed by atoms with E-state index in [-0.39, 0.29) is 48.3 Å². The number of halogens is 2. The number of hydrogen-bond acceptors (Lipinski definition) is 7. The molecule has 1 N–H and O–H groups in total. The average molecular weight is 467 g/mol. The molecule has 0 bridgehead atoms. The van der Waals surface area contributed by atoms with Crippen molar-refractivity contribution in [3.05, 3.63) is 51.5 Å². The fourth-order valence-corrected chi connectivity index (χ4v) is 3.68. The Kier molecular flexibility index (Phi) is 7.42. The number of carbonyl (C=O) groups excluding carboxylic acids is 3. The Morgan fingerprint density at radius 1 is 1.23 bits per heavy atom. The van der Waals surface area contributed by atoms with Crippen molar-refractivity contribution in [1.82, 2.24) is 14.9 Å². The van der Waals surface area contributed by atoms with Crippen LogP contribution in [-0.4, -0.2) is 70.6 Å². The van der Waals surface area contributed by atoms with Gasteiger partial charge in [0.05, 0.1) is 13.2 Å². The first-order chi connectivity index (χ1) is 14.8. The van der Waals surface area contributed by atoms with Crippen molar-refractivity contribution in [1.29, 1.82) is 0 Å². The van der Waals surface area contributed by atoms with Crippen molar-refractivity contribution in [3.8, 4) is 0 Å². The summed E-state index contributed by atoms with van der Waals surface area (Å²) in [6.07, 6.45) is 0.495. The Morgan fingerprint density at radius 3 is 2.58 bits per heavy atom. The average Bonchev–Trinajstić information content (AvgIpc) is 2.73. The molecular weight excluding hydrogens is 447 g/mol. The van der Waals surface area contributed by atoms with Gasteiger partial charge in [-0.25, -0.2) is 9.97 Å². The number of aliphatic hydroxyl groups is 1. The standard InChI is InChI=1S/C20H20Cl2N4O5/c1-2-31-17(28)11-25-6-5-12-9-13(3-4-14(12)19(25)29)26(7-8-27)20(30)18-23-15(21)10-16(22)24-18/h3-4,9-10,27H,2,5-8,11H2,1H3. The molecule has 31 heavy (non-hydrogen) atoms. The van der Waals surface area contributed by atoms with Crippen LogP contribution in [0.3, 0.4) is 0 Å². The van der Waals surface area contributed by atoms with Gasteiger partial charge < -0.3 is 19.6 Å². The van der Waals surface area contributed by atoms with E-state index in [2.05, 4.69) is 9.97 Å². The molecule has 2 heterocycles. The van der Waals surface area contributed by atoms with Gasteiger partial charge in [0.2, 0.25) is 5.82 Å². The molecule has 11 heteroatoms. The number of rotatable bonds is 7. The summed E-state index contributed by atoms with van der Waals surface area (Å²) in [6.45, 7) is 1.86. The van der Waals surface area contributed by atoms with Crippen molar-refractivity contribution in [2.45, 2.75) is 13.3 Å². The highest BCUT2D eigenvalue weighted by molar-refractivity contribution is 6.33. The van der Waals surface area contributed by atoms with Crippen LogP contribution in [0.25, 0.3) is 0 Å². The van der Waals surface area contributed by atoms with E-state index in [4.69, 9.17) is 27.9 Å². The Labute approximate surface area is 188 Å². The molecule has 0 fully saturated rings. The number of benzene rings is 1. The third-order valence-electron chi connectivity index (χ3n) is 4.62. The van der Waals surface area contributed by atoms with Gasteiger partial charge in [-0.05, 0) is 37.1 Å². The van der Waals surface area contributed by atoms with Gasteiger partial charge in [-0.1, -0.05) is 23.2 Å². The predicted molar refractivity (Wildman–Crippen MR) is 113 cm³/mol. The number of ether oxygens (including phenoxy) is 1.